The zero-order valence-electron chi connectivity index (χ0n) is 22.0. The molecule has 0 radical (unpaired) electrons. The third-order valence-electron chi connectivity index (χ3n) is 7.03. The number of hydrogen-bond acceptors (Lipinski definition) is 7. The lowest BCUT2D eigenvalue weighted by Gasteiger charge is -2.37. The summed E-state index contributed by atoms with van der Waals surface area (Å²) in [5.74, 6) is -3.99. The zero-order valence-corrected chi connectivity index (χ0v) is 22.9. The maximum Gasteiger partial charge on any atom is 0.410 e. The molecule has 12 heteroatoms. The molecular weight excluding hydrogens is 540 g/mol. The number of alkyl halides is 2. The number of aryl methyl sites for hydroxylation is 2. The van der Waals surface area contributed by atoms with Crippen molar-refractivity contribution in [1.82, 2.24) is 18.8 Å². The summed E-state index contributed by atoms with van der Waals surface area (Å²) >= 11 is 0. The van der Waals surface area contributed by atoms with Crippen LogP contribution in [0.5, 0.6) is 0 Å². The molecule has 1 fully saturated rings. The molecular formula is C28H29F2N5O4S. The van der Waals surface area contributed by atoms with E-state index in [1.165, 1.54) is 30.7 Å². The van der Waals surface area contributed by atoms with Crippen molar-refractivity contribution in [3.63, 3.8) is 0 Å². The van der Waals surface area contributed by atoms with Gasteiger partial charge in [0.1, 0.15) is 18.8 Å². The molecule has 4 aromatic rings. The quantitative estimate of drug-likeness (QED) is 0.334. The Morgan fingerprint density at radius 2 is 1.73 bits per heavy atom. The lowest BCUT2D eigenvalue weighted by molar-refractivity contribution is -0.101. The molecule has 1 saturated heterocycles. The summed E-state index contributed by atoms with van der Waals surface area (Å²) in [6, 6.07) is 15.4. The van der Waals surface area contributed by atoms with E-state index in [4.69, 9.17) is 4.74 Å². The van der Waals surface area contributed by atoms with E-state index < -0.39 is 34.5 Å². The Labute approximate surface area is 230 Å². The van der Waals surface area contributed by atoms with Gasteiger partial charge in [0, 0.05) is 25.2 Å². The van der Waals surface area contributed by atoms with Crippen LogP contribution in [-0.4, -0.2) is 58.9 Å². The monoisotopic (exact) mass is 569 g/mol. The number of likely N-dealkylation sites (tertiary alicyclic amines) is 1. The highest BCUT2D eigenvalue weighted by atomic mass is 32.2. The second-order valence-electron chi connectivity index (χ2n) is 9.98. The molecule has 1 amide bonds. The third-order valence-corrected chi connectivity index (χ3v) is 8.71. The lowest BCUT2D eigenvalue weighted by atomic mass is 9.93. The van der Waals surface area contributed by atoms with Crippen molar-refractivity contribution in [3.05, 3.63) is 83.8 Å². The Kier molecular flexibility index (Phi) is 7.45. The van der Waals surface area contributed by atoms with Gasteiger partial charge in [0.25, 0.3) is 15.9 Å². The Bertz CT molecular complexity index is 1620. The summed E-state index contributed by atoms with van der Waals surface area (Å²) in [6.45, 7) is 3.06. The van der Waals surface area contributed by atoms with Crippen LogP contribution in [0.25, 0.3) is 11.0 Å². The van der Waals surface area contributed by atoms with E-state index in [0.29, 0.717) is 5.39 Å². The van der Waals surface area contributed by atoms with E-state index in [1.54, 1.807) is 12.1 Å². The second kappa shape index (κ2) is 10.8. The summed E-state index contributed by atoms with van der Waals surface area (Å²) in [4.78, 5) is 21.9. The number of hydrogen-bond donors (Lipinski definition) is 1. The number of nitrogens with zero attached hydrogens (tertiary/aromatic N) is 4. The van der Waals surface area contributed by atoms with Gasteiger partial charge in [-0.1, -0.05) is 47.5 Å². The fourth-order valence-electron chi connectivity index (χ4n) is 4.62. The number of ether oxygens (including phenoxy) is 1. The Balaban J connectivity index is 1.24. The standard InChI is InChI=1S/C28H29F2N5O4S/c1-19-3-7-21(8-4-19)16-39-27(36)34-13-11-22(28(29,30)17-34)15-31-25-24-12-14-35(26(24)33-18-32-25)40(37,38)23-9-5-20(2)6-10-23/h3-10,12,14,18,22H,11,13,15-17H2,1-2H3,(H,31,32,33)/t22-/m1/s1. The van der Waals surface area contributed by atoms with Crippen molar-refractivity contribution in [3.8, 4) is 0 Å². The van der Waals surface area contributed by atoms with E-state index >= 15 is 8.78 Å². The Hall–Kier alpha value is -4.06. The van der Waals surface area contributed by atoms with Crippen LogP contribution in [0.2, 0.25) is 0 Å². The largest absolute Gasteiger partial charge is 0.445 e. The molecule has 0 bridgehead atoms. The van der Waals surface area contributed by atoms with E-state index in [9.17, 15) is 13.2 Å². The van der Waals surface area contributed by atoms with Crippen molar-refractivity contribution in [2.75, 3.05) is 25.0 Å². The maximum absolute atomic E-state index is 15.1. The smallest absolute Gasteiger partial charge is 0.410 e. The molecule has 0 spiro atoms. The number of aromatic nitrogens is 3. The van der Waals surface area contributed by atoms with E-state index in [-0.39, 0.29) is 42.5 Å². The summed E-state index contributed by atoms with van der Waals surface area (Å²) in [6.07, 6.45) is 1.84. The van der Waals surface area contributed by atoms with Crippen LogP contribution in [0.1, 0.15) is 23.1 Å². The normalized spacial score (nSPS) is 17.1. The average Bonchev–Trinajstić information content (AvgIpc) is 3.38. The number of anilines is 1. The summed E-state index contributed by atoms with van der Waals surface area (Å²) in [7, 11) is -3.92. The molecule has 210 valence electrons. The number of piperidine rings is 1. The number of halogens is 2. The first-order valence-corrected chi connectivity index (χ1v) is 14.2. The number of benzene rings is 2. The number of nitrogens with one attached hydrogen (secondary N) is 1. The molecule has 40 heavy (non-hydrogen) atoms. The first-order valence-electron chi connectivity index (χ1n) is 12.8. The number of fused-ring (bicyclic) bond motifs is 1. The van der Waals surface area contributed by atoms with Crippen LogP contribution >= 0.6 is 0 Å². The van der Waals surface area contributed by atoms with Gasteiger partial charge in [0.2, 0.25) is 0 Å². The molecule has 1 atom stereocenters. The van der Waals surface area contributed by atoms with Crippen molar-refractivity contribution >= 4 is 33.0 Å². The van der Waals surface area contributed by atoms with Crippen LogP contribution in [0.15, 0.2) is 72.0 Å². The molecule has 0 unspecified atom stereocenters. The molecule has 1 aliphatic heterocycles. The van der Waals surface area contributed by atoms with Crippen molar-refractivity contribution < 1.29 is 26.7 Å². The molecule has 1 N–H and O–H groups in total. The van der Waals surface area contributed by atoms with Gasteiger partial charge < -0.3 is 15.0 Å². The molecule has 3 heterocycles. The van der Waals surface area contributed by atoms with Crippen LogP contribution in [0, 0.1) is 19.8 Å². The van der Waals surface area contributed by atoms with Gasteiger partial charge >= 0.3 is 6.09 Å². The molecule has 9 nitrogen and oxygen atoms in total. The number of carbonyl (C=O) groups is 1. The van der Waals surface area contributed by atoms with Gasteiger partial charge in [0.15, 0.2) is 5.65 Å². The lowest BCUT2D eigenvalue weighted by Crippen LogP contribution is -2.52. The summed E-state index contributed by atoms with van der Waals surface area (Å²) < 4.78 is 62.8. The Morgan fingerprint density at radius 3 is 2.40 bits per heavy atom. The predicted molar refractivity (Wildman–Crippen MR) is 146 cm³/mol. The first-order chi connectivity index (χ1) is 19.0. The van der Waals surface area contributed by atoms with Crippen LogP contribution in [0.3, 0.4) is 0 Å². The van der Waals surface area contributed by atoms with Crippen molar-refractivity contribution in [1.29, 1.82) is 0 Å². The zero-order chi connectivity index (χ0) is 28.5. The second-order valence-corrected chi connectivity index (χ2v) is 11.8. The molecule has 5 rings (SSSR count). The molecule has 1 aliphatic rings. The third kappa shape index (κ3) is 5.62. The highest BCUT2D eigenvalue weighted by Gasteiger charge is 2.46. The topological polar surface area (TPSA) is 106 Å². The average molecular weight is 570 g/mol. The van der Waals surface area contributed by atoms with Crippen molar-refractivity contribution in [2.45, 2.75) is 37.7 Å². The van der Waals surface area contributed by atoms with Gasteiger partial charge in [-0.3, -0.25) is 0 Å². The number of amides is 1. The van der Waals surface area contributed by atoms with Gasteiger partial charge in [-0.05, 0) is 44.0 Å². The Morgan fingerprint density at radius 1 is 1.05 bits per heavy atom. The van der Waals surface area contributed by atoms with E-state index in [2.05, 4.69) is 15.3 Å². The minimum absolute atomic E-state index is 0.00909. The van der Waals surface area contributed by atoms with Crippen molar-refractivity contribution in [2.24, 2.45) is 5.92 Å². The van der Waals surface area contributed by atoms with E-state index in [0.717, 1.165) is 25.6 Å². The summed E-state index contributed by atoms with van der Waals surface area (Å²) in [5, 5.41) is 3.33. The molecule has 0 saturated carbocycles. The van der Waals surface area contributed by atoms with Gasteiger partial charge in [-0.25, -0.2) is 35.9 Å². The molecule has 2 aromatic carbocycles. The predicted octanol–water partition coefficient (Wildman–Crippen LogP) is 4.99. The van der Waals surface area contributed by atoms with E-state index in [1.807, 2.05) is 38.1 Å². The SMILES string of the molecule is Cc1ccc(COC(=O)N2CC[C@H](CNc3ncnc4c3ccn4S(=O)(=O)c3ccc(C)cc3)C(F)(F)C2)cc1. The summed E-state index contributed by atoms with van der Waals surface area (Å²) in [5.41, 5.74) is 2.90. The molecule has 2 aromatic heterocycles. The van der Waals surface area contributed by atoms with Gasteiger partial charge in [-0.2, -0.15) is 0 Å². The fourth-order valence-corrected chi connectivity index (χ4v) is 5.92. The number of rotatable bonds is 7. The molecule has 0 aliphatic carbocycles. The maximum atomic E-state index is 15.1. The van der Waals surface area contributed by atoms with Crippen LogP contribution in [-0.2, 0) is 21.4 Å². The highest BCUT2D eigenvalue weighted by molar-refractivity contribution is 7.90. The van der Waals surface area contributed by atoms with Crippen LogP contribution in [0.4, 0.5) is 19.4 Å². The van der Waals surface area contributed by atoms with Gasteiger partial charge in [0.05, 0.1) is 16.8 Å². The van der Waals surface area contributed by atoms with Crippen LogP contribution < -0.4 is 5.32 Å². The fraction of sp³-hybridized carbons (Fsp3) is 0.321. The minimum Gasteiger partial charge on any atom is -0.445 e. The number of carbonyl (C=O) groups excluding carboxylic acids is 1. The highest BCUT2D eigenvalue weighted by Crippen LogP contribution is 2.34. The van der Waals surface area contributed by atoms with Gasteiger partial charge in [-0.15, -0.1) is 0 Å². The minimum atomic E-state index is -3.92. The first kappa shape index (κ1) is 27.5.